The molecule has 7 heteroatoms. The topological polar surface area (TPSA) is 67.4 Å². The van der Waals surface area contributed by atoms with Gasteiger partial charge >= 0.3 is 0 Å². The number of hydrazine groups is 1. The van der Waals surface area contributed by atoms with E-state index in [1.165, 1.54) is 18.2 Å². The van der Waals surface area contributed by atoms with Crippen LogP contribution in [0.4, 0.5) is 0 Å². The molecule has 0 saturated heterocycles. The van der Waals surface area contributed by atoms with E-state index in [4.69, 9.17) is 27.9 Å². The molecule has 0 spiro atoms. The maximum Gasteiger partial charge on any atom is 0.269 e. The third-order valence-electron chi connectivity index (χ3n) is 2.90. The van der Waals surface area contributed by atoms with Gasteiger partial charge in [-0.05, 0) is 49.4 Å². The fraction of sp³-hybridized carbons (Fsp3) is 0.125. The first-order valence-electron chi connectivity index (χ1n) is 6.80. The van der Waals surface area contributed by atoms with Gasteiger partial charge in [-0.2, -0.15) is 0 Å². The summed E-state index contributed by atoms with van der Waals surface area (Å²) in [7, 11) is 0. The molecule has 0 aliphatic carbocycles. The highest BCUT2D eigenvalue weighted by Crippen LogP contribution is 2.22. The second kappa shape index (κ2) is 7.85. The molecule has 0 bridgehead atoms. The van der Waals surface area contributed by atoms with E-state index < -0.39 is 11.8 Å². The molecule has 0 saturated carbocycles. The molecule has 2 aromatic rings. The molecule has 2 rings (SSSR count). The van der Waals surface area contributed by atoms with Crippen molar-refractivity contribution in [3.8, 4) is 5.75 Å². The summed E-state index contributed by atoms with van der Waals surface area (Å²) < 4.78 is 5.29. The fourth-order valence-electron chi connectivity index (χ4n) is 1.76. The SMILES string of the molecule is CCOc1ccc(C(=O)NNC(=O)c2ccc(Cl)c(Cl)c2)cc1. The zero-order chi connectivity index (χ0) is 16.8. The molecule has 2 N–H and O–H groups in total. The molecule has 0 unspecified atom stereocenters. The Balaban J connectivity index is 1.95. The van der Waals surface area contributed by atoms with Crippen molar-refractivity contribution in [2.45, 2.75) is 6.92 Å². The van der Waals surface area contributed by atoms with Crippen LogP contribution in [0.2, 0.25) is 10.0 Å². The van der Waals surface area contributed by atoms with Gasteiger partial charge in [-0.1, -0.05) is 23.2 Å². The van der Waals surface area contributed by atoms with Crippen molar-refractivity contribution in [3.05, 3.63) is 63.6 Å². The van der Waals surface area contributed by atoms with E-state index in [2.05, 4.69) is 10.9 Å². The lowest BCUT2D eigenvalue weighted by molar-refractivity contribution is 0.0846. The highest BCUT2D eigenvalue weighted by molar-refractivity contribution is 6.42. The first kappa shape index (κ1) is 17.1. The van der Waals surface area contributed by atoms with Crippen LogP contribution in [0.1, 0.15) is 27.6 Å². The number of ether oxygens (including phenoxy) is 1. The Labute approximate surface area is 143 Å². The molecule has 0 atom stereocenters. The van der Waals surface area contributed by atoms with Crippen LogP contribution in [0.25, 0.3) is 0 Å². The molecule has 0 aliphatic heterocycles. The molecule has 0 heterocycles. The number of hydrogen-bond acceptors (Lipinski definition) is 3. The molecular weight excluding hydrogens is 339 g/mol. The van der Waals surface area contributed by atoms with E-state index in [-0.39, 0.29) is 10.6 Å². The van der Waals surface area contributed by atoms with Crippen molar-refractivity contribution >= 4 is 35.0 Å². The summed E-state index contributed by atoms with van der Waals surface area (Å²) in [5, 5.41) is 0.610. The Bertz CT molecular complexity index is 718. The summed E-state index contributed by atoms with van der Waals surface area (Å²) in [6.07, 6.45) is 0. The fourth-order valence-corrected chi connectivity index (χ4v) is 2.06. The van der Waals surface area contributed by atoms with Gasteiger partial charge in [0.25, 0.3) is 11.8 Å². The van der Waals surface area contributed by atoms with Gasteiger partial charge in [0.05, 0.1) is 16.7 Å². The van der Waals surface area contributed by atoms with Gasteiger partial charge in [-0.15, -0.1) is 0 Å². The summed E-state index contributed by atoms with van der Waals surface area (Å²) >= 11 is 11.6. The summed E-state index contributed by atoms with van der Waals surface area (Å²) in [6.45, 7) is 2.42. The van der Waals surface area contributed by atoms with Crippen LogP contribution in [-0.2, 0) is 0 Å². The summed E-state index contributed by atoms with van der Waals surface area (Å²) in [4.78, 5) is 23.9. The Morgan fingerprint density at radius 1 is 0.913 bits per heavy atom. The number of nitrogens with one attached hydrogen (secondary N) is 2. The average Bonchev–Trinajstić information content (AvgIpc) is 2.56. The molecule has 2 amide bonds. The van der Waals surface area contributed by atoms with E-state index in [1.54, 1.807) is 24.3 Å². The Kier molecular flexibility index (Phi) is 5.84. The second-order valence-corrected chi connectivity index (χ2v) is 5.31. The minimum absolute atomic E-state index is 0.261. The van der Waals surface area contributed by atoms with E-state index in [9.17, 15) is 9.59 Å². The Morgan fingerprint density at radius 2 is 1.48 bits per heavy atom. The van der Waals surface area contributed by atoms with E-state index in [1.807, 2.05) is 6.92 Å². The van der Waals surface area contributed by atoms with Gasteiger partial charge in [0.15, 0.2) is 0 Å². The third-order valence-corrected chi connectivity index (χ3v) is 3.64. The third kappa shape index (κ3) is 4.61. The standard InChI is InChI=1S/C16H14Cl2N2O3/c1-2-23-12-6-3-10(4-7-12)15(21)19-20-16(22)11-5-8-13(17)14(18)9-11/h3-9H,2H2,1H3,(H,19,21)(H,20,22). The van der Waals surface area contributed by atoms with Gasteiger partial charge in [0.2, 0.25) is 0 Å². The molecule has 0 aliphatic rings. The van der Waals surface area contributed by atoms with Crippen molar-refractivity contribution in [3.63, 3.8) is 0 Å². The minimum Gasteiger partial charge on any atom is -0.494 e. The highest BCUT2D eigenvalue weighted by atomic mass is 35.5. The maximum absolute atomic E-state index is 12.0. The molecule has 0 radical (unpaired) electrons. The Morgan fingerprint density at radius 3 is 2.04 bits per heavy atom. The van der Waals surface area contributed by atoms with Crippen LogP contribution in [0.5, 0.6) is 5.75 Å². The van der Waals surface area contributed by atoms with Crippen molar-refractivity contribution in [1.29, 1.82) is 0 Å². The van der Waals surface area contributed by atoms with Crippen molar-refractivity contribution < 1.29 is 14.3 Å². The zero-order valence-corrected chi connectivity index (χ0v) is 13.7. The highest BCUT2D eigenvalue weighted by Gasteiger charge is 2.10. The largest absolute Gasteiger partial charge is 0.494 e. The van der Waals surface area contributed by atoms with Gasteiger partial charge in [-0.3, -0.25) is 20.4 Å². The number of halogens is 2. The zero-order valence-electron chi connectivity index (χ0n) is 12.2. The minimum atomic E-state index is -0.497. The number of benzene rings is 2. The van der Waals surface area contributed by atoms with E-state index in [0.717, 1.165) is 0 Å². The van der Waals surface area contributed by atoms with E-state index >= 15 is 0 Å². The summed E-state index contributed by atoms with van der Waals surface area (Å²) in [6, 6.07) is 11.0. The lowest BCUT2D eigenvalue weighted by atomic mass is 10.2. The van der Waals surface area contributed by atoms with Crippen molar-refractivity contribution in [1.82, 2.24) is 10.9 Å². The normalized spacial score (nSPS) is 10.0. The lowest BCUT2D eigenvalue weighted by Gasteiger charge is -2.09. The summed E-state index contributed by atoms with van der Waals surface area (Å²) in [5.41, 5.74) is 5.31. The summed E-state index contributed by atoms with van der Waals surface area (Å²) in [5.74, 6) is -0.270. The molecular formula is C16H14Cl2N2O3. The van der Waals surface area contributed by atoms with Gasteiger partial charge < -0.3 is 4.74 Å². The maximum atomic E-state index is 12.0. The van der Waals surface area contributed by atoms with E-state index in [0.29, 0.717) is 22.9 Å². The van der Waals surface area contributed by atoms with Crippen LogP contribution < -0.4 is 15.6 Å². The second-order valence-electron chi connectivity index (χ2n) is 4.49. The monoisotopic (exact) mass is 352 g/mol. The van der Waals surface area contributed by atoms with Crippen LogP contribution >= 0.6 is 23.2 Å². The Hall–Kier alpha value is -2.24. The van der Waals surface area contributed by atoms with Crippen LogP contribution in [0.15, 0.2) is 42.5 Å². The number of rotatable bonds is 4. The smallest absolute Gasteiger partial charge is 0.269 e. The van der Waals surface area contributed by atoms with Crippen molar-refractivity contribution in [2.75, 3.05) is 6.61 Å². The average molecular weight is 353 g/mol. The van der Waals surface area contributed by atoms with Gasteiger partial charge in [0.1, 0.15) is 5.75 Å². The molecule has 5 nitrogen and oxygen atoms in total. The van der Waals surface area contributed by atoms with Gasteiger partial charge in [0, 0.05) is 11.1 Å². The quantitative estimate of drug-likeness (QED) is 0.828. The lowest BCUT2D eigenvalue weighted by Crippen LogP contribution is -2.41. The van der Waals surface area contributed by atoms with Crippen LogP contribution in [0.3, 0.4) is 0 Å². The van der Waals surface area contributed by atoms with Gasteiger partial charge in [-0.25, -0.2) is 0 Å². The number of carbonyl (C=O) groups is 2. The van der Waals surface area contributed by atoms with Crippen LogP contribution in [0, 0.1) is 0 Å². The predicted molar refractivity (Wildman–Crippen MR) is 89.0 cm³/mol. The molecule has 120 valence electrons. The molecule has 2 aromatic carbocycles. The van der Waals surface area contributed by atoms with Crippen molar-refractivity contribution in [2.24, 2.45) is 0 Å². The first-order valence-corrected chi connectivity index (χ1v) is 7.55. The first-order chi connectivity index (χ1) is 11.0. The number of hydrogen-bond donors (Lipinski definition) is 2. The molecule has 0 aromatic heterocycles. The predicted octanol–water partition coefficient (Wildman–Crippen LogP) is 3.47. The molecule has 23 heavy (non-hydrogen) atoms. The van der Waals surface area contributed by atoms with Crippen LogP contribution in [-0.4, -0.2) is 18.4 Å². The molecule has 0 fully saturated rings. The number of amides is 2. The number of carbonyl (C=O) groups excluding carboxylic acids is 2.